The largest absolute Gasteiger partial charge is 0.359 e. The van der Waals surface area contributed by atoms with Gasteiger partial charge in [0.2, 0.25) is 0 Å². The van der Waals surface area contributed by atoms with Gasteiger partial charge in [-0.1, -0.05) is 6.07 Å². The minimum Gasteiger partial charge on any atom is -0.359 e. The number of thiophene rings is 1. The van der Waals surface area contributed by atoms with Gasteiger partial charge in [-0.15, -0.1) is 22.7 Å². The van der Waals surface area contributed by atoms with E-state index in [1.807, 2.05) is 17.5 Å². The van der Waals surface area contributed by atoms with E-state index in [-0.39, 0.29) is 0 Å². The molecule has 1 N–H and O–H groups in total. The summed E-state index contributed by atoms with van der Waals surface area (Å²) in [7, 11) is 0. The van der Waals surface area contributed by atoms with Crippen molar-refractivity contribution in [3.8, 4) is 0 Å². The van der Waals surface area contributed by atoms with Crippen LogP contribution in [0.2, 0.25) is 0 Å². The minimum atomic E-state index is 0.439. The van der Waals surface area contributed by atoms with Crippen molar-refractivity contribution in [3.05, 3.63) is 33.5 Å². The second-order valence-corrected chi connectivity index (χ2v) is 5.87. The number of aryl methyl sites for hydroxylation is 1. The van der Waals surface area contributed by atoms with Crippen molar-refractivity contribution < 1.29 is 0 Å². The fourth-order valence-electron chi connectivity index (χ4n) is 1.41. The van der Waals surface area contributed by atoms with E-state index in [0.29, 0.717) is 6.04 Å². The third kappa shape index (κ3) is 3.04. The summed E-state index contributed by atoms with van der Waals surface area (Å²) in [5, 5.41) is 6.56. The average molecular weight is 238 g/mol. The lowest BCUT2D eigenvalue weighted by Gasteiger charge is -2.11. The molecule has 0 amide bonds. The fraction of sp³-hybridized carbons (Fsp3) is 0.364. The smallest absolute Gasteiger partial charge is 0.183 e. The number of rotatable bonds is 4. The van der Waals surface area contributed by atoms with E-state index in [1.165, 1.54) is 9.75 Å². The van der Waals surface area contributed by atoms with Crippen LogP contribution in [0.5, 0.6) is 0 Å². The van der Waals surface area contributed by atoms with E-state index in [1.54, 1.807) is 11.3 Å². The average Bonchev–Trinajstić information content (AvgIpc) is 2.77. The molecule has 0 bridgehead atoms. The Kier molecular flexibility index (Phi) is 3.38. The van der Waals surface area contributed by atoms with Gasteiger partial charge in [-0.2, -0.15) is 0 Å². The molecule has 80 valence electrons. The first kappa shape index (κ1) is 10.6. The van der Waals surface area contributed by atoms with E-state index in [2.05, 4.69) is 41.7 Å². The second kappa shape index (κ2) is 4.77. The first-order valence-electron chi connectivity index (χ1n) is 4.95. The van der Waals surface area contributed by atoms with Crippen LogP contribution in [0.15, 0.2) is 23.7 Å². The Hall–Kier alpha value is -0.870. The van der Waals surface area contributed by atoms with E-state index in [4.69, 9.17) is 0 Å². The fourth-order valence-corrected chi connectivity index (χ4v) is 3.02. The van der Waals surface area contributed by atoms with Gasteiger partial charge >= 0.3 is 0 Å². The molecule has 2 nitrogen and oxygen atoms in total. The third-order valence-electron chi connectivity index (χ3n) is 2.08. The lowest BCUT2D eigenvalue weighted by atomic mass is 10.2. The van der Waals surface area contributed by atoms with E-state index < -0.39 is 0 Å². The highest BCUT2D eigenvalue weighted by Crippen LogP contribution is 2.19. The van der Waals surface area contributed by atoms with Crippen molar-refractivity contribution in [1.29, 1.82) is 0 Å². The molecule has 0 aromatic carbocycles. The Morgan fingerprint density at radius 1 is 1.53 bits per heavy atom. The van der Waals surface area contributed by atoms with Crippen molar-refractivity contribution >= 4 is 27.8 Å². The molecule has 0 aliphatic rings. The van der Waals surface area contributed by atoms with Crippen LogP contribution >= 0.6 is 22.7 Å². The predicted molar refractivity (Wildman–Crippen MR) is 68.0 cm³/mol. The number of nitrogens with zero attached hydrogens (tertiary/aromatic N) is 1. The summed E-state index contributed by atoms with van der Waals surface area (Å²) in [6.07, 6.45) is 2.97. The zero-order chi connectivity index (χ0) is 10.7. The summed E-state index contributed by atoms with van der Waals surface area (Å²) in [5.41, 5.74) is 0. The maximum absolute atomic E-state index is 4.30. The van der Waals surface area contributed by atoms with Crippen LogP contribution in [0.1, 0.15) is 16.7 Å². The SMILES string of the molecule is Cc1cnc(NC(C)Cc2cccs2)s1. The molecular formula is C11H14N2S2. The molecule has 1 unspecified atom stereocenters. The topological polar surface area (TPSA) is 24.9 Å². The van der Waals surface area contributed by atoms with Gasteiger partial charge in [0.25, 0.3) is 0 Å². The molecule has 2 heterocycles. The Bertz CT molecular complexity index is 406. The Morgan fingerprint density at radius 3 is 3.00 bits per heavy atom. The normalized spacial score (nSPS) is 12.7. The van der Waals surface area contributed by atoms with Crippen molar-refractivity contribution in [2.24, 2.45) is 0 Å². The van der Waals surface area contributed by atoms with Crippen LogP contribution in [-0.4, -0.2) is 11.0 Å². The molecule has 15 heavy (non-hydrogen) atoms. The maximum Gasteiger partial charge on any atom is 0.183 e. The first-order valence-corrected chi connectivity index (χ1v) is 6.65. The number of hydrogen-bond acceptors (Lipinski definition) is 4. The molecular weight excluding hydrogens is 224 g/mol. The molecule has 0 aliphatic heterocycles. The Balaban J connectivity index is 1.90. The highest BCUT2D eigenvalue weighted by atomic mass is 32.1. The molecule has 1 atom stereocenters. The van der Waals surface area contributed by atoms with Crippen LogP contribution < -0.4 is 5.32 Å². The Morgan fingerprint density at radius 2 is 2.40 bits per heavy atom. The Labute approximate surface area is 98.0 Å². The van der Waals surface area contributed by atoms with Gasteiger partial charge in [-0.25, -0.2) is 4.98 Å². The van der Waals surface area contributed by atoms with Crippen LogP contribution in [0, 0.1) is 6.92 Å². The third-order valence-corrected chi connectivity index (χ3v) is 3.82. The highest BCUT2D eigenvalue weighted by molar-refractivity contribution is 7.15. The van der Waals surface area contributed by atoms with Crippen LogP contribution in [0.25, 0.3) is 0 Å². The molecule has 0 fully saturated rings. The molecule has 0 spiro atoms. The summed E-state index contributed by atoms with van der Waals surface area (Å²) < 4.78 is 0. The summed E-state index contributed by atoms with van der Waals surface area (Å²) >= 11 is 3.52. The van der Waals surface area contributed by atoms with Gasteiger partial charge in [0.05, 0.1) is 0 Å². The van der Waals surface area contributed by atoms with Gasteiger partial charge in [0.1, 0.15) is 0 Å². The van der Waals surface area contributed by atoms with Crippen molar-refractivity contribution in [1.82, 2.24) is 4.98 Å². The summed E-state index contributed by atoms with van der Waals surface area (Å²) in [6.45, 7) is 4.27. The second-order valence-electron chi connectivity index (χ2n) is 3.60. The minimum absolute atomic E-state index is 0.439. The lowest BCUT2D eigenvalue weighted by molar-refractivity contribution is 0.799. The van der Waals surface area contributed by atoms with Crippen molar-refractivity contribution in [2.75, 3.05) is 5.32 Å². The van der Waals surface area contributed by atoms with E-state index in [9.17, 15) is 0 Å². The molecule has 2 rings (SSSR count). The molecule has 2 aromatic heterocycles. The highest BCUT2D eigenvalue weighted by Gasteiger charge is 2.06. The quantitative estimate of drug-likeness (QED) is 0.881. The van der Waals surface area contributed by atoms with Crippen LogP contribution in [0.3, 0.4) is 0 Å². The van der Waals surface area contributed by atoms with Gasteiger partial charge in [-0.05, 0) is 25.3 Å². The monoisotopic (exact) mass is 238 g/mol. The molecule has 0 radical (unpaired) electrons. The van der Waals surface area contributed by atoms with Gasteiger partial charge < -0.3 is 5.32 Å². The van der Waals surface area contributed by atoms with Crippen LogP contribution in [0.4, 0.5) is 5.13 Å². The zero-order valence-electron chi connectivity index (χ0n) is 8.86. The van der Waals surface area contributed by atoms with Gasteiger partial charge in [0.15, 0.2) is 5.13 Å². The summed E-state index contributed by atoms with van der Waals surface area (Å²) in [5.74, 6) is 0. The molecule has 0 aliphatic carbocycles. The standard InChI is InChI=1S/C11H14N2S2/c1-8(6-10-4-3-5-14-10)13-11-12-7-9(2)15-11/h3-5,7-8H,6H2,1-2H3,(H,12,13). The van der Waals surface area contributed by atoms with Crippen molar-refractivity contribution in [2.45, 2.75) is 26.3 Å². The van der Waals surface area contributed by atoms with E-state index >= 15 is 0 Å². The number of aromatic nitrogens is 1. The maximum atomic E-state index is 4.30. The molecule has 0 saturated carbocycles. The summed E-state index contributed by atoms with van der Waals surface area (Å²) in [6, 6.07) is 4.71. The number of hydrogen-bond donors (Lipinski definition) is 1. The van der Waals surface area contributed by atoms with Crippen LogP contribution in [-0.2, 0) is 6.42 Å². The first-order chi connectivity index (χ1) is 7.24. The number of thiazole rings is 1. The molecule has 2 aromatic rings. The molecule has 4 heteroatoms. The predicted octanol–water partition coefficient (Wildman–Crippen LogP) is 3.56. The summed E-state index contributed by atoms with van der Waals surface area (Å²) in [4.78, 5) is 6.97. The zero-order valence-corrected chi connectivity index (χ0v) is 10.5. The number of anilines is 1. The number of nitrogens with one attached hydrogen (secondary N) is 1. The lowest BCUT2D eigenvalue weighted by Crippen LogP contribution is -2.17. The van der Waals surface area contributed by atoms with Gasteiger partial charge in [0, 0.05) is 28.4 Å². The van der Waals surface area contributed by atoms with E-state index in [0.717, 1.165) is 11.6 Å². The van der Waals surface area contributed by atoms with Gasteiger partial charge in [-0.3, -0.25) is 0 Å². The van der Waals surface area contributed by atoms with Crippen molar-refractivity contribution in [3.63, 3.8) is 0 Å². The molecule has 0 saturated heterocycles.